The standard InChI is InChI=1S/C26H32N2O4S/c1-15(2)16-11-17-18(23(30-6)22(16)29-5)13-26-20(12-19(17)32-26)25(3,4)8-7-21(26)31-24(33)28-10-9-27-14-28/h9-12,14-15,19,21H,7-8,13H2,1-6H3/t19-,21+,26-/m0/s1. The Labute approximate surface area is 200 Å². The van der Waals surface area contributed by atoms with Gasteiger partial charge >= 0.3 is 0 Å². The lowest BCUT2D eigenvalue weighted by molar-refractivity contribution is -0.132. The summed E-state index contributed by atoms with van der Waals surface area (Å²) in [7, 11) is 3.43. The van der Waals surface area contributed by atoms with Crippen LogP contribution < -0.4 is 9.47 Å². The number of thiocarbonyl (C=S) groups is 1. The fourth-order valence-corrected chi connectivity index (χ4v) is 6.13. The quantitative estimate of drug-likeness (QED) is 0.445. The Kier molecular flexibility index (Phi) is 5.33. The number of hydrogen-bond acceptors (Lipinski definition) is 6. The normalized spacial score (nSPS) is 26.9. The summed E-state index contributed by atoms with van der Waals surface area (Å²) < 4.78 is 26.9. The zero-order valence-electron chi connectivity index (χ0n) is 20.2. The lowest BCUT2D eigenvalue weighted by Crippen LogP contribution is -2.56. The molecule has 0 N–H and O–H groups in total. The maximum Gasteiger partial charge on any atom is 0.269 e. The van der Waals surface area contributed by atoms with Crippen molar-refractivity contribution >= 4 is 17.4 Å². The third-order valence-electron chi connectivity index (χ3n) is 7.53. The van der Waals surface area contributed by atoms with Crippen LogP contribution in [0.3, 0.4) is 0 Å². The van der Waals surface area contributed by atoms with Crippen LogP contribution in [-0.4, -0.2) is 40.7 Å². The van der Waals surface area contributed by atoms with E-state index in [2.05, 4.69) is 44.8 Å². The molecular formula is C26H32N2O4S. The summed E-state index contributed by atoms with van der Waals surface area (Å²) in [6, 6.07) is 2.24. The van der Waals surface area contributed by atoms with Crippen LogP contribution in [-0.2, 0) is 15.9 Å². The smallest absolute Gasteiger partial charge is 0.269 e. The molecule has 176 valence electrons. The fourth-order valence-electron chi connectivity index (χ4n) is 5.91. The monoisotopic (exact) mass is 468 g/mol. The molecule has 1 aromatic carbocycles. The summed E-state index contributed by atoms with van der Waals surface area (Å²) in [5.74, 6) is 1.92. The first kappa shape index (κ1) is 22.4. The van der Waals surface area contributed by atoms with Crippen molar-refractivity contribution in [3.8, 4) is 11.5 Å². The minimum Gasteiger partial charge on any atom is -0.493 e. The molecule has 6 nitrogen and oxygen atoms in total. The maximum atomic E-state index is 6.89. The molecule has 1 spiro atoms. The number of benzene rings is 1. The largest absolute Gasteiger partial charge is 0.493 e. The first-order chi connectivity index (χ1) is 15.7. The molecule has 7 heteroatoms. The molecule has 2 aliphatic heterocycles. The number of fused-ring (bicyclic) bond motifs is 3. The summed E-state index contributed by atoms with van der Waals surface area (Å²) in [4.78, 5) is 4.10. The summed E-state index contributed by atoms with van der Waals surface area (Å²) in [6.07, 6.45) is 9.65. The fraction of sp³-hybridized carbons (Fsp3) is 0.538. The van der Waals surface area contributed by atoms with Gasteiger partial charge in [0.2, 0.25) is 0 Å². The van der Waals surface area contributed by atoms with Crippen LogP contribution >= 0.6 is 12.2 Å². The van der Waals surface area contributed by atoms with Crippen LogP contribution in [0.5, 0.6) is 11.5 Å². The van der Waals surface area contributed by atoms with E-state index >= 15 is 0 Å². The van der Waals surface area contributed by atoms with Crippen molar-refractivity contribution in [3.63, 3.8) is 0 Å². The molecule has 0 saturated heterocycles. The predicted molar refractivity (Wildman–Crippen MR) is 130 cm³/mol. The maximum absolute atomic E-state index is 6.89. The lowest BCUT2D eigenvalue weighted by atomic mass is 9.63. The van der Waals surface area contributed by atoms with Gasteiger partial charge in [-0.3, -0.25) is 4.57 Å². The molecule has 1 saturated carbocycles. The van der Waals surface area contributed by atoms with Gasteiger partial charge < -0.3 is 18.9 Å². The van der Waals surface area contributed by atoms with Crippen molar-refractivity contribution < 1.29 is 18.9 Å². The van der Waals surface area contributed by atoms with Gasteiger partial charge in [-0.15, -0.1) is 0 Å². The van der Waals surface area contributed by atoms with Crippen molar-refractivity contribution in [1.29, 1.82) is 0 Å². The average Bonchev–Trinajstić information content (AvgIpc) is 3.42. The van der Waals surface area contributed by atoms with Gasteiger partial charge in [-0.05, 0) is 59.7 Å². The molecular weight excluding hydrogens is 436 g/mol. The Balaban J connectivity index is 1.63. The van der Waals surface area contributed by atoms with Gasteiger partial charge in [-0.2, -0.15) is 0 Å². The molecule has 33 heavy (non-hydrogen) atoms. The first-order valence-corrected chi connectivity index (χ1v) is 12.0. The van der Waals surface area contributed by atoms with Crippen molar-refractivity contribution in [2.45, 2.75) is 70.7 Å². The SMILES string of the molecule is COc1c(C(C)C)cc2c(c1OC)C[C@]13O[C@H]2C=C1C(C)(C)CC[C@H]3OC(=S)n1ccnc1. The van der Waals surface area contributed by atoms with Crippen LogP contribution in [0, 0.1) is 5.41 Å². The van der Waals surface area contributed by atoms with E-state index in [1.165, 1.54) is 5.57 Å². The van der Waals surface area contributed by atoms with Gasteiger partial charge in [-0.25, -0.2) is 4.98 Å². The molecule has 5 rings (SSSR count). The van der Waals surface area contributed by atoms with E-state index in [9.17, 15) is 0 Å². The van der Waals surface area contributed by atoms with Gasteiger partial charge in [0, 0.05) is 29.9 Å². The van der Waals surface area contributed by atoms with Gasteiger partial charge in [0.05, 0.1) is 14.2 Å². The van der Waals surface area contributed by atoms with E-state index in [0.29, 0.717) is 17.5 Å². The van der Waals surface area contributed by atoms with E-state index in [4.69, 9.17) is 31.2 Å². The Morgan fingerprint density at radius 3 is 2.64 bits per heavy atom. The molecule has 0 unspecified atom stereocenters. The number of nitrogens with zero attached hydrogens (tertiary/aromatic N) is 2. The minimum atomic E-state index is -0.596. The highest BCUT2D eigenvalue weighted by Crippen LogP contribution is 2.61. The Bertz CT molecular complexity index is 1120. The molecule has 2 aromatic rings. The van der Waals surface area contributed by atoms with Crippen LogP contribution in [0.4, 0.5) is 0 Å². The van der Waals surface area contributed by atoms with E-state index in [1.54, 1.807) is 37.5 Å². The summed E-state index contributed by atoms with van der Waals surface area (Å²) in [5, 5.41) is 0.392. The van der Waals surface area contributed by atoms with Crippen LogP contribution in [0.2, 0.25) is 0 Å². The van der Waals surface area contributed by atoms with Crippen LogP contribution in [0.1, 0.15) is 69.2 Å². The molecule has 3 aliphatic rings. The molecule has 2 bridgehead atoms. The van der Waals surface area contributed by atoms with Crippen LogP contribution in [0.25, 0.3) is 0 Å². The number of aromatic nitrogens is 2. The molecule has 3 heterocycles. The van der Waals surface area contributed by atoms with Gasteiger partial charge in [0.25, 0.3) is 5.17 Å². The topological polar surface area (TPSA) is 54.7 Å². The van der Waals surface area contributed by atoms with Crippen molar-refractivity contribution in [3.05, 3.63) is 53.1 Å². The van der Waals surface area contributed by atoms with E-state index < -0.39 is 5.60 Å². The molecule has 0 radical (unpaired) electrons. The van der Waals surface area contributed by atoms with Crippen molar-refractivity contribution in [2.24, 2.45) is 5.41 Å². The lowest BCUT2D eigenvalue weighted by Gasteiger charge is -2.50. The number of methoxy groups -OCH3 is 2. The third-order valence-corrected chi connectivity index (χ3v) is 7.84. The molecule has 0 amide bonds. The van der Waals surface area contributed by atoms with E-state index in [0.717, 1.165) is 41.0 Å². The van der Waals surface area contributed by atoms with Crippen LogP contribution in [0.15, 0.2) is 36.4 Å². The molecule has 1 aliphatic carbocycles. The third kappa shape index (κ3) is 3.31. The zero-order chi connectivity index (χ0) is 23.5. The summed E-state index contributed by atoms with van der Waals surface area (Å²) >= 11 is 5.61. The average molecular weight is 469 g/mol. The molecule has 1 aromatic heterocycles. The van der Waals surface area contributed by atoms with Crippen molar-refractivity contribution in [1.82, 2.24) is 9.55 Å². The number of ether oxygens (including phenoxy) is 4. The second kappa shape index (κ2) is 7.84. The van der Waals surface area contributed by atoms with Gasteiger partial charge in [0.15, 0.2) is 11.5 Å². The summed E-state index contributed by atoms with van der Waals surface area (Å²) in [6.45, 7) is 8.95. The number of imidazole rings is 1. The van der Waals surface area contributed by atoms with E-state index in [1.807, 2.05) is 0 Å². The zero-order valence-corrected chi connectivity index (χ0v) is 21.0. The van der Waals surface area contributed by atoms with E-state index in [-0.39, 0.29) is 17.6 Å². The summed E-state index contributed by atoms with van der Waals surface area (Å²) in [5.41, 5.74) is 4.15. The minimum absolute atomic E-state index is 0.00543. The Hall–Kier alpha value is -2.38. The number of hydrogen-bond donors (Lipinski definition) is 0. The highest BCUT2D eigenvalue weighted by Gasteiger charge is 2.60. The first-order valence-electron chi connectivity index (χ1n) is 11.6. The predicted octanol–water partition coefficient (Wildman–Crippen LogP) is 5.35. The Morgan fingerprint density at radius 1 is 1.24 bits per heavy atom. The van der Waals surface area contributed by atoms with Crippen molar-refractivity contribution in [2.75, 3.05) is 14.2 Å². The highest BCUT2D eigenvalue weighted by molar-refractivity contribution is 7.80. The second-order valence-corrected chi connectivity index (χ2v) is 10.6. The van der Waals surface area contributed by atoms with Gasteiger partial charge in [0.1, 0.15) is 24.1 Å². The van der Waals surface area contributed by atoms with Gasteiger partial charge in [-0.1, -0.05) is 27.7 Å². The molecule has 3 atom stereocenters. The number of rotatable bonds is 4. The highest BCUT2D eigenvalue weighted by atomic mass is 32.1. The Morgan fingerprint density at radius 2 is 2.00 bits per heavy atom. The second-order valence-electron chi connectivity index (χ2n) is 10.2. The molecule has 1 fully saturated rings.